The molecule has 21 heavy (non-hydrogen) atoms. The zero-order valence-corrected chi connectivity index (χ0v) is 12.7. The first-order valence-electron chi connectivity index (χ1n) is 6.22. The topological polar surface area (TPSA) is 49.3 Å². The van der Waals surface area contributed by atoms with Crippen LogP contribution in [0.3, 0.4) is 0 Å². The Bertz CT molecular complexity index is 508. The van der Waals surface area contributed by atoms with Crippen LogP contribution >= 0.6 is 11.6 Å². The molecule has 1 rings (SSSR count). The number of alkyl halides is 3. The predicted molar refractivity (Wildman–Crippen MR) is 73.2 cm³/mol. The molecule has 0 aliphatic carbocycles. The Morgan fingerprint density at radius 1 is 1.33 bits per heavy atom. The Hall–Kier alpha value is -1.57. The van der Waals surface area contributed by atoms with Crippen LogP contribution in [-0.2, 0) is 11.0 Å². The van der Waals surface area contributed by atoms with Gasteiger partial charge in [-0.1, -0.05) is 6.92 Å². The molecule has 0 saturated carbocycles. The average molecular weight is 325 g/mol. The third kappa shape index (κ3) is 5.04. The van der Waals surface area contributed by atoms with Gasteiger partial charge in [-0.2, -0.15) is 13.2 Å². The zero-order chi connectivity index (χ0) is 16.2. The lowest BCUT2D eigenvalue weighted by Gasteiger charge is -2.24. The number of carbonyl (C=O) groups is 1. The van der Waals surface area contributed by atoms with Crippen molar-refractivity contribution in [2.24, 2.45) is 0 Å². The van der Waals surface area contributed by atoms with Gasteiger partial charge in [0.2, 0.25) is 11.2 Å². The number of amides is 1. The number of anilines is 1. The van der Waals surface area contributed by atoms with Gasteiger partial charge in [0, 0.05) is 26.7 Å². The fourth-order valence-electron chi connectivity index (χ4n) is 1.56. The van der Waals surface area contributed by atoms with E-state index in [1.54, 1.807) is 14.1 Å². The van der Waals surface area contributed by atoms with Crippen molar-refractivity contribution in [3.63, 3.8) is 0 Å². The van der Waals surface area contributed by atoms with Gasteiger partial charge in [-0.05, 0) is 18.0 Å². The third-order valence-electron chi connectivity index (χ3n) is 2.62. The molecule has 5 nitrogen and oxygen atoms in total. The summed E-state index contributed by atoms with van der Waals surface area (Å²) in [6, 6.07) is 0.796. The zero-order valence-electron chi connectivity index (χ0n) is 11.9. The third-order valence-corrected chi connectivity index (χ3v) is 2.79. The molecule has 1 aromatic heterocycles. The lowest BCUT2D eigenvalue weighted by molar-refractivity contribution is -0.141. The van der Waals surface area contributed by atoms with E-state index in [2.05, 4.69) is 9.97 Å². The maximum Gasteiger partial charge on any atom is 0.433 e. The lowest BCUT2D eigenvalue weighted by atomic mass is 10.3. The molecule has 0 unspecified atom stereocenters. The maximum absolute atomic E-state index is 12.7. The Morgan fingerprint density at radius 2 is 1.95 bits per heavy atom. The highest BCUT2D eigenvalue weighted by molar-refractivity contribution is 6.28. The molecule has 0 atom stereocenters. The molecule has 1 amide bonds. The van der Waals surface area contributed by atoms with Crippen LogP contribution < -0.4 is 4.90 Å². The number of likely N-dealkylation sites (N-methyl/N-ethyl adjacent to an activating group) is 1. The van der Waals surface area contributed by atoms with Crippen LogP contribution in [0.4, 0.5) is 19.0 Å². The maximum atomic E-state index is 12.7. The number of halogens is 4. The van der Waals surface area contributed by atoms with E-state index in [1.807, 2.05) is 6.92 Å². The summed E-state index contributed by atoms with van der Waals surface area (Å²) in [4.78, 5) is 21.5. The molecule has 0 aliphatic rings. The molecule has 0 saturated heterocycles. The lowest BCUT2D eigenvalue weighted by Crippen LogP contribution is -2.37. The van der Waals surface area contributed by atoms with Crippen molar-refractivity contribution >= 4 is 23.3 Å². The van der Waals surface area contributed by atoms with E-state index in [4.69, 9.17) is 11.6 Å². The first kappa shape index (κ1) is 17.5. The van der Waals surface area contributed by atoms with Crippen molar-refractivity contribution in [1.82, 2.24) is 14.9 Å². The van der Waals surface area contributed by atoms with Gasteiger partial charge in [-0.3, -0.25) is 4.79 Å². The molecule has 0 fully saturated rings. The molecular formula is C12H16ClF3N4O. The van der Waals surface area contributed by atoms with E-state index >= 15 is 0 Å². The monoisotopic (exact) mass is 324 g/mol. The second-order valence-electron chi connectivity index (χ2n) is 4.59. The smallest absolute Gasteiger partial charge is 0.347 e. The van der Waals surface area contributed by atoms with Gasteiger partial charge in [0.15, 0.2) is 5.69 Å². The number of hydrogen-bond acceptors (Lipinski definition) is 4. The molecule has 0 N–H and O–H groups in total. The fourth-order valence-corrected chi connectivity index (χ4v) is 1.74. The average Bonchev–Trinajstić information content (AvgIpc) is 2.36. The summed E-state index contributed by atoms with van der Waals surface area (Å²) in [5, 5.41) is -0.502. The van der Waals surface area contributed by atoms with Crippen LogP contribution in [0, 0.1) is 0 Å². The quantitative estimate of drug-likeness (QED) is 0.781. The summed E-state index contributed by atoms with van der Waals surface area (Å²) in [5.74, 6) is -0.258. The summed E-state index contributed by atoms with van der Waals surface area (Å²) >= 11 is 5.56. The van der Waals surface area contributed by atoms with Crippen molar-refractivity contribution < 1.29 is 18.0 Å². The Morgan fingerprint density at radius 3 is 2.43 bits per heavy atom. The molecular weight excluding hydrogens is 309 g/mol. The molecule has 1 aromatic rings. The van der Waals surface area contributed by atoms with Gasteiger partial charge < -0.3 is 9.80 Å². The number of rotatable bonds is 5. The van der Waals surface area contributed by atoms with Crippen molar-refractivity contribution in [3.8, 4) is 0 Å². The van der Waals surface area contributed by atoms with Crippen molar-refractivity contribution in [2.45, 2.75) is 19.5 Å². The standard InChI is InChI=1S/C12H16ClF3N4O/c1-4-5-20(7-10(21)19(2)3)9-6-8(12(14,15)16)17-11(13)18-9/h6H,4-5,7H2,1-3H3. The van der Waals surface area contributed by atoms with Gasteiger partial charge in [0.1, 0.15) is 5.82 Å². The summed E-state index contributed by atoms with van der Waals surface area (Å²) in [5.41, 5.74) is -1.13. The Balaban J connectivity index is 3.13. The van der Waals surface area contributed by atoms with E-state index in [1.165, 1.54) is 9.80 Å². The van der Waals surface area contributed by atoms with E-state index in [9.17, 15) is 18.0 Å². The highest BCUT2D eigenvalue weighted by Gasteiger charge is 2.34. The summed E-state index contributed by atoms with van der Waals surface area (Å²) in [7, 11) is 3.14. The number of nitrogens with zero attached hydrogens (tertiary/aromatic N) is 4. The van der Waals surface area contributed by atoms with Crippen LogP contribution in [0.5, 0.6) is 0 Å². The molecule has 9 heteroatoms. The van der Waals surface area contributed by atoms with Crippen molar-refractivity contribution in [1.29, 1.82) is 0 Å². The minimum atomic E-state index is -4.62. The Labute approximate surface area is 125 Å². The van der Waals surface area contributed by atoms with E-state index < -0.39 is 17.2 Å². The number of aromatic nitrogens is 2. The second kappa shape index (κ2) is 6.93. The summed E-state index contributed by atoms with van der Waals surface area (Å²) in [6.45, 7) is 2.15. The number of carbonyl (C=O) groups excluding carboxylic acids is 1. The van der Waals surface area contributed by atoms with Crippen LogP contribution in [0.2, 0.25) is 5.28 Å². The second-order valence-corrected chi connectivity index (χ2v) is 4.93. The van der Waals surface area contributed by atoms with E-state index in [0.29, 0.717) is 13.0 Å². The molecule has 0 aliphatic heterocycles. The largest absolute Gasteiger partial charge is 0.433 e. The van der Waals surface area contributed by atoms with Crippen LogP contribution in [0.15, 0.2) is 6.07 Å². The first-order chi connectivity index (χ1) is 9.65. The highest BCUT2D eigenvalue weighted by atomic mass is 35.5. The minimum Gasteiger partial charge on any atom is -0.347 e. The molecule has 0 bridgehead atoms. The summed E-state index contributed by atoms with van der Waals surface area (Å²) < 4.78 is 38.2. The molecule has 118 valence electrons. The normalized spacial score (nSPS) is 11.4. The van der Waals surface area contributed by atoms with Crippen LogP contribution in [0.1, 0.15) is 19.0 Å². The van der Waals surface area contributed by atoms with E-state index in [-0.39, 0.29) is 18.3 Å². The van der Waals surface area contributed by atoms with Gasteiger partial charge in [-0.15, -0.1) is 0 Å². The minimum absolute atomic E-state index is 0.0145. The number of hydrogen-bond donors (Lipinski definition) is 0. The Kier molecular flexibility index (Phi) is 5.77. The molecule has 0 spiro atoms. The van der Waals surface area contributed by atoms with Crippen LogP contribution in [0.25, 0.3) is 0 Å². The predicted octanol–water partition coefficient (Wildman–Crippen LogP) is 2.45. The van der Waals surface area contributed by atoms with Gasteiger partial charge in [-0.25, -0.2) is 9.97 Å². The molecule has 0 radical (unpaired) electrons. The SMILES string of the molecule is CCCN(CC(=O)N(C)C)c1cc(C(F)(F)F)nc(Cl)n1. The summed E-state index contributed by atoms with van der Waals surface area (Å²) in [6.07, 6.45) is -3.98. The van der Waals surface area contributed by atoms with Crippen molar-refractivity contribution in [2.75, 3.05) is 32.1 Å². The van der Waals surface area contributed by atoms with Gasteiger partial charge in [0.05, 0.1) is 6.54 Å². The highest BCUT2D eigenvalue weighted by Crippen LogP contribution is 2.30. The first-order valence-corrected chi connectivity index (χ1v) is 6.59. The van der Waals surface area contributed by atoms with Gasteiger partial charge >= 0.3 is 6.18 Å². The van der Waals surface area contributed by atoms with Crippen molar-refractivity contribution in [3.05, 3.63) is 17.0 Å². The fraction of sp³-hybridized carbons (Fsp3) is 0.583. The molecule has 0 aromatic carbocycles. The van der Waals surface area contributed by atoms with Gasteiger partial charge in [0.25, 0.3) is 0 Å². The molecule has 1 heterocycles. The van der Waals surface area contributed by atoms with Crippen LogP contribution in [-0.4, -0.2) is 48.0 Å². The van der Waals surface area contributed by atoms with E-state index in [0.717, 1.165) is 6.07 Å².